The highest BCUT2D eigenvalue weighted by Gasteiger charge is 2.44. The normalized spacial score (nSPS) is 31.0. The Morgan fingerprint density at radius 3 is 2.48 bits per heavy atom. The second-order valence-electron chi connectivity index (χ2n) is 9.90. The molecule has 0 amide bonds. The van der Waals surface area contributed by atoms with Crippen LogP contribution in [0.3, 0.4) is 0 Å². The van der Waals surface area contributed by atoms with E-state index in [0.717, 1.165) is 56.1 Å². The molecule has 4 rings (SSSR count). The summed E-state index contributed by atoms with van der Waals surface area (Å²) in [5, 5.41) is 0. The van der Waals surface area contributed by atoms with Crippen LogP contribution >= 0.6 is 0 Å². The third-order valence-corrected chi connectivity index (χ3v) is 7.92. The number of ether oxygens (including phenoxy) is 1. The Hall–Kier alpha value is -1.42. The molecule has 1 aromatic rings. The van der Waals surface area contributed by atoms with Gasteiger partial charge in [-0.2, -0.15) is 0 Å². The predicted molar refractivity (Wildman–Crippen MR) is 113 cm³/mol. The topological polar surface area (TPSA) is 52.3 Å². The summed E-state index contributed by atoms with van der Waals surface area (Å²) in [5.41, 5.74) is 8.33. The third kappa shape index (κ3) is 4.23. The van der Waals surface area contributed by atoms with Gasteiger partial charge in [-0.05, 0) is 55.2 Å². The van der Waals surface area contributed by atoms with Crippen LogP contribution in [0.1, 0.15) is 95.1 Å². The number of esters is 1. The average molecular weight is 402 g/mol. The molecule has 2 fully saturated rings. The second-order valence-corrected chi connectivity index (χ2v) is 9.90. The van der Waals surface area contributed by atoms with Crippen molar-refractivity contribution in [1.29, 1.82) is 0 Å². The van der Waals surface area contributed by atoms with Crippen LogP contribution in [0.2, 0.25) is 0 Å². The number of hydrogen-bond acceptors (Lipinski definition) is 3. The third-order valence-electron chi connectivity index (χ3n) is 7.92. The summed E-state index contributed by atoms with van der Waals surface area (Å²) in [5.74, 6) is 0.225. The van der Waals surface area contributed by atoms with Crippen molar-refractivity contribution in [3.8, 4) is 5.75 Å². The van der Waals surface area contributed by atoms with Crippen molar-refractivity contribution in [1.82, 2.24) is 0 Å². The van der Waals surface area contributed by atoms with Crippen molar-refractivity contribution in [2.45, 2.75) is 102 Å². The van der Waals surface area contributed by atoms with E-state index in [1.54, 1.807) is 0 Å². The zero-order valence-electron chi connectivity index (χ0n) is 17.9. The minimum absolute atomic E-state index is 0.0248. The molecule has 3 atom stereocenters. The number of rotatable bonds is 2. The largest absolute Gasteiger partial charge is 0.426 e. The summed E-state index contributed by atoms with van der Waals surface area (Å²) in [4.78, 5) is 12.6. The van der Waals surface area contributed by atoms with Gasteiger partial charge in [-0.3, -0.25) is 4.79 Å². The van der Waals surface area contributed by atoms with E-state index in [1.165, 1.54) is 38.2 Å². The first-order valence-electron chi connectivity index (χ1n) is 11.8. The lowest BCUT2D eigenvalue weighted by atomic mass is 9.60. The van der Waals surface area contributed by atoms with E-state index in [1.807, 2.05) is 6.07 Å². The maximum absolute atomic E-state index is 15.2. The minimum atomic E-state index is -0.260. The molecule has 0 heterocycles. The van der Waals surface area contributed by atoms with Gasteiger partial charge in [0.05, 0.1) is 5.92 Å². The highest BCUT2D eigenvalue weighted by atomic mass is 19.1. The lowest BCUT2D eigenvalue weighted by molar-refractivity contribution is -0.140. The van der Waals surface area contributed by atoms with Gasteiger partial charge < -0.3 is 10.5 Å². The van der Waals surface area contributed by atoms with Crippen LogP contribution in [-0.4, -0.2) is 12.0 Å². The molecule has 2 N–H and O–H groups in total. The van der Waals surface area contributed by atoms with Gasteiger partial charge in [-0.15, -0.1) is 0 Å². The summed E-state index contributed by atoms with van der Waals surface area (Å²) < 4.78 is 20.9. The van der Waals surface area contributed by atoms with Crippen LogP contribution in [0.15, 0.2) is 12.1 Å². The number of fused-ring (bicyclic) bond motifs is 4. The standard InChI is InChI=1S/C25H36FNO2/c1-25-13-9-4-2-3-6-12-18(23(25)27)14-20-21(25)15-19(16-22(20)26)29-24(28)17-10-7-5-8-11-17/h15-18,23H,2-14,27H2,1H3/t18-,23?,25?/m0/s1. The van der Waals surface area contributed by atoms with Crippen LogP contribution in [0.5, 0.6) is 5.75 Å². The fourth-order valence-corrected chi connectivity index (χ4v) is 6.03. The lowest BCUT2D eigenvalue weighted by Crippen LogP contribution is -2.52. The molecule has 0 aliphatic heterocycles. The Balaban J connectivity index is 1.64. The monoisotopic (exact) mass is 401 g/mol. The van der Waals surface area contributed by atoms with Crippen LogP contribution in [0.4, 0.5) is 4.39 Å². The van der Waals surface area contributed by atoms with E-state index < -0.39 is 0 Å². The van der Waals surface area contributed by atoms with Crippen LogP contribution in [-0.2, 0) is 16.6 Å². The van der Waals surface area contributed by atoms with Crippen molar-refractivity contribution >= 4 is 5.97 Å². The van der Waals surface area contributed by atoms with Crippen LogP contribution < -0.4 is 10.5 Å². The summed E-state index contributed by atoms with van der Waals surface area (Å²) in [6.45, 7) is 2.20. The van der Waals surface area contributed by atoms with E-state index in [9.17, 15) is 4.79 Å². The Kier molecular flexibility index (Phi) is 6.29. The van der Waals surface area contributed by atoms with Crippen molar-refractivity contribution < 1.29 is 13.9 Å². The zero-order valence-corrected chi connectivity index (χ0v) is 17.9. The Morgan fingerprint density at radius 1 is 1.03 bits per heavy atom. The Bertz CT molecular complexity index is 743. The molecule has 2 bridgehead atoms. The number of halogens is 1. The summed E-state index contributed by atoms with van der Waals surface area (Å²) in [6, 6.07) is 3.39. The van der Waals surface area contributed by atoms with Crippen molar-refractivity contribution in [2.75, 3.05) is 0 Å². The van der Waals surface area contributed by atoms with Gasteiger partial charge in [-0.25, -0.2) is 4.39 Å². The first kappa shape index (κ1) is 20.8. The molecule has 1 aromatic carbocycles. The van der Waals surface area contributed by atoms with Crippen molar-refractivity contribution in [3.05, 3.63) is 29.1 Å². The van der Waals surface area contributed by atoms with Gasteiger partial charge in [0.15, 0.2) is 0 Å². The quantitative estimate of drug-likeness (QED) is 0.502. The molecule has 4 heteroatoms. The molecule has 160 valence electrons. The van der Waals surface area contributed by atoms with Gasteiger partial charge in [-0.1, -0.05) is 58.3 Å². The van der Waals surface area contributed by atoms with Crippen molar-refractivity contribution in [3.63, 3.8) is 0 Å². The van der Waals surface area contributed by atoms with Gasteiger partial charge in [0.25, 0.3) is 0 Å². The fourth-order valence-electron chi connectivity index (χ4n) is 6.03. The smallest absolute Gasteiger partial charge is 0.314 e. The number of carbonyl (C=O) groups is 1. The first-order valence-corrected chi connectivity index (χ1v) is 11.8. The number of carbonyl (C=O) groups excluding carboxylic acids is 1. The maximum Gasteiger partial charge on any atom is 0.314 e. The molecular formula is C25H36FNO2. The molecule has 0 spiro atoms. The average Bonchev–Trinajstić information content (AvgIpc) is 2.71. The molecule has 0 aromatic heterocycles. The Morgan fingerprint density at radius 2 is 1.69 bits per heavy atom. The predicted octanol–water partition coefficient (Wildman–Crippen LogP) is 5.81. The van der Waals surface area contributed by atoms with Gasteiger partial charge in [0.1, 0.15) is 11.6 Å². The SMILES string of the molecule is CC12CCCCCCC[C@@H](Cc3c(F)cc(OC(=O)C4CCCCC4)cc31)C2N. The maximum atomic E-state index is 15.2. The molecule has 2 saturated carbocycles. The lowest BCUT2D eigenvalue weighted by Gasteiger charge is -2.46. The van der Waals surface area contributed by atoms with Gasteiger partial charge >= 0.3 is 5.97 Å². The zero-order chi connectivity index (χ0) is 20.4. The van der Waals surface area contributed by atoms with Crippen LogP contribution in [0.25, 0.3) is 0 Å². The number of hydrogen-bond donors (Lipinski definition) is 1. The fraction of sp³-hybridized carbons (Fsp3) is 0.720. The van der Waals surface area contributed by atoms with Crippen LogP contribution in [0, 0.1) is 17.7 Å². The molecule has 29 heavy (non-hydrogen) atoms. The first-order chi connectivity index (χ1) is 14.0. The number of nitrogens with two attached hydrogens (primary N) is 1. The summed E-state index contributed by atoms with van der Waals surface area (Å²) in [7, 11) is 0. The molecule has 3 aliphatic carbocycles. The highest BCUT2D eigenvalue weighted by Crippen LogP contribution is 2.46. The van der Waals surface area contributed by atoms with E-state index in [0.29, 0.717) is 18.1 Å². The second kappa shape index (κ2) is 8.75. The minimum Gasteiger partial charge on any atom is -0.426 e. The van der Waals surface area contributed by atoms with Gasteiger partial charge in [0, 0.05) is 17.5 Å². The molecule has 3 nitrogen and oxygen atoms in total. The van der Waals surface area contributed by atoms with E-state index in [4.69, 9.17) is 10.5 Å². The number of benzene rings is 1. The van der Waals surface area contributed by atoms with E-state index in [-0.39, 0.29) is 29.2 Å². The molecular weight excluding hydrogens is 365 g/mol. The molecule has 2 unspecified atom stereocenters. The molecule has 3 aliphatic rings. The molecule has 0 saturated heterocycles. The Labute approximate surface area is 174 Å². The van der Waals surface area contributed by atoms with Gasteiger partial charge in [0.2, 0.25) is 0 Å². The summed E-state index contributed by atoms with van der Waals surface area (Å²) >= 11 is 0. The molecule has 0 radical (unpaired) electrons. The van der Waals surface area contributed by atoms with E-state index >= 15 is 4.39 Å². The summed E-state index contributed by atoms with van der Waals surface area (Å²) in [6.07, 6.45) is 13.9. The highest BCUT2D eigenvalue weighted by molar-refractivity contribution is 5.75. The van der Waals surface area contributed by atoms with E-state index in [2.05, 4.69) is 6.92 Å². The van der Waals surface area contributed by atoms with Crippen molar-refractivity contribution in [2.24, 2.45) is 17.6 Å².